The summed E-state index contributed by atoms with van der Waals surface area (Å²) in [7, 11) is 0. The second-order valence-corrected chi connectivity index (χ2v) is 10.8. The molecule has 1 saturated heterocycles. The highest BCUT2D eigenvalue weighted by molar-refractivity contribution is 5.86. The van der Waals surface area contributed by atoms with Crippen molar-refractivity contribution in [1.29, 1.82) is 0 Å². The van der Waals surface area contributed by atoms with E-state index in [4.69, 9.17) is 4.74 Å². The first-order chi connectivity index (χ1) is 19.4. The molecule has 0 spiro atoms. The monoisotopic (exact) mass is 550 g/mol. The van der Waals surface area contributed by atoms with Crippen LogP contribution in [-0.2, 0) is 32.0 Å². The van der Waals surface area contributed by atoms with Crippen molar-refractivity contribution >= 4 is 17.8 Å². The topological polar surface area (TPSA) is 95.9 Å². The van der Waals surface area contributed by atoms with E-state index in [-0.39, 0.29) is 55.2 Å². The van der Waals surface area contributed by atoms with Crippen molar-refractivity contribution in [1.82, 2.24) is 10.2 Å². The summed E-state index contributed by atoms with van der Waals surface area (Å²) in [5, 5.41) is 12.7. The fraction of sp³-hybridized carbons (Fsp3) is 0.469. The summed E-state index contributed by atoms with van der Waals surface area (Å²) in [4.78, 5) is 41.4. The Kier molecular flexibility index (Phi) is 10.9. The van der Waals surface area contributed by atoms with Gasteiger partial charge in [0.2, 0.25) is 11.8 Å². The van der Waals surface area contributed by atoms with Gasteiger partial charge in [-0.3, -0.25) is 14.4 Å². The van der Waals surface area contributed by atoms with Crippen LogP contribution >= 0.6 is 0 Å². The van der Waals surface area contributed by atoms with Crippen LogP contribution in [0.4, 0.5) is 4.39 Å². The largest absolute Gasteiger partial charge is 0.463 e. The zero-order valence-electron chi connectivity index (χ0n) is 22.8. The number of rotatable bonds is 8. The molecule has 2 aliphatic heterocycles. The number of carbonyl (C=O) groups is 3. The van der Waals surface area contributed by atoms with Crippen LogP contribution in [0.5, 0.6) is 0 Å². The van der Waals surface area contributed by atoms with Gasteiger partial charge in [-0.2, -0.15) is 0 Å². The fourth-order valence-corrected chi connectivity index (χ4v) is 5.56. The van der Waals surface area contributed by atoms with Gasteiger partial charge in [0.1, 0.15) is 12.4 Å². The molecule has 7 nitrogen and oxygen atoms in total. The molecule has 2 amide bonds. The molecule has 2 aromatic rings. The number of amides is 2. The summed E-state index contributed by atoms with van der Waals surface area (Å²) in [6.45, 7) is 0.494. The minimum absolute atomic E-state index is 0.0185. The molecule has 4 rings (SSSR count). The first-order valence-electron chi connectivity index (χ1n) is 14.2. The number of allylic oxidation sites excluding steroid dienone is 2. The van der Waals surface area contributed by atoms with E-state index in [1.54, 1.807) is 17.0 Å². The van der Waals surface area contributed by atoms with Gasteiger partial charge in [-0.15, -0.1) is 0 Å². The van der Waals surface area contributed by atoms with Gasteiger partial charge >= 0.3 is 5.97 Å². The molecule has 4 atom stereocenters. The van der Waals surface area contributed by atoms with E-state index in [0.717, 1.165) is 24.0 Å². The number of halogens is 1. The van der Waals surface area contributed by atoms with Gasteiger partial charge in [0.15, 0.2) is 0 Å². The fourth-order valence-electron chi connectivity index (χ4n) is 5.56. The molecular formula is C32H39FN2O5. The number of fused-ring (bicyclic) bond motifs is 1. The maximum absolute atomic E-state index is 13.6. The summed E-state index contributed by atoms with van der Waals surface area (Å²) >= 11 is 0. The van der Waals surface area contributed by atoms with Gasteiger partial charge in [-0.25, -0.2) is 4.39 Å². The number of ether oxygens (including phenoxy) is 1. The third kappa shape index (κ3) is 8.49. The van der Waals surface area contributed by atoms with E-state index >= 15 is 0 Å². The third-order valence-electron chi connectivity index (χ3n) is 7.77. The number of cyclic esters (lactones) is 1. The lowest BCUT2D eigenvalue weighted by atomic mass is 9.94. The molecule has 0 unspecified atom stereocenters. The highest BCUT2D eigenvalue weighted by atomic mass is 19.1. The maximum Gasteiger partial charge on any atom is 0.309 e. The molecule has 2 N–H and O–H groups in total. The molecular weight excluding hydrogens is 511 g/mol. The van der Waals surface area contributed by atoms with Crippen molar-refractivity contribution in [3.63, 3.8) is 0 Å². The molecule has 0 aromatic heterocycles. The molecule has 2 aliphatic rings. The van der Waals surface area contributed by atoms with E-state index < -0.39 is 12.0 Å². The normalized spacial score (nSPS) is 23.6. The van der Waals surface area contributed by atoms with Crippen LogP contribution in [0.2, 0.25) is 0 Å². The standard InChI is InChI=1S/C32H39FN2O5/c33-27-15-13-24(14-16-27)18-26-11-6-2-5-10-25(31(38)35-17-7-12-29(35)22-40-32(26)39)20-30(37)34-28(21-36)19-23-8-3-1-4-9-23/h1-5,8-9,13-16,25-26,28-29,36H,6-7,10-12,17-22H2,(H,34,37)/b5-2+/t25-,26+,28-,29-/m0/s1. The molecule has 214 valence electrons. The van der Waals surface area contributed by atoms with Gasteiger partial charge < -0.3 is 20.1 Å². The van der Waals surface area contributed by atoms with Crippen molar-refractivity contribution < 1.29 is 28.6 Å². The number of aliphatic hydroxyl groups is 1. The number of benzene rings is 2. The Bertz CT molecular complexity index is 1150. The summed E-state index contributed by atoms with van der Waals surface area (Å²) < 4.78 is 19.1. The quantitative estimate of drug-likeness (QED) is 0.383. The van der Waals surface area contributed by atoms with Crippen molar-refractivity contribution in [3.05, 3.63) is 83.7 Å². The number of nitrogens with one attached hydrogen (secondary N) is 1. The van der Waals surface area contributed by atoms with Gasteiger partial charge in [-0.05, 0) is 68.2 Å². The Morgan fingerprint density at radius 3 is 2.55 bits per heavy atom. The predicted octanol–water partition coefficient (Wildman–Crippen LogP) is 3.98. The number of nitrogens with zero attached hydrogens (tertiary/aromatic N) is 1. The number of esters is 1. The van der Waals surface area contributed by atoms with Crippen LogP contribution in [0.3, 0.4) is 0 Å². The van der Waals surface area contributed by atoms with E-state index in [1.165, 1.54) is 12.1 Å². The lowest BCUT2D eigenvalue weighted by molar-refractivity contribution is -0.152. The lowest BCUT2D eigenvalue weighted by Gasteiger charge is -2.29. The van der Waals surface area contributed by atoms with Crippen LogP contribution < -0.4 is 5.32 Å². The van der Waals surface area contributed by atoms with Crippen LogP contribution in [-0.4, -0.2) is 59.6 Å². The first-order valence-corrected chi connectivity index (χ1v) is 14.2. The second kappa shape index (κ2) is 14.7. The molecule has 2 heterocycles. The number of hydrogen-bond acceptors (Lipinski definition) is 5. The summed E-state index contributed by atoms with van der Waals surface area (Å²) in [5.74, 6) is -1.92. The zero-order chi connectivity index (χ0) is 28.3. The average molecular weight is 551 g/mol. The van der Waals surface area contributed by atoms with Gasteiger partial charge in [0, 0.05) is 13.0 Å². The Morgan fingerprint density at radius 1 is 1.02 bits per heavy atom. The Labute approximate surface area is 235 Å². The maximum atomic E-state index is 13.6. The Balaban J connectivity index is 1.42. The number of hydrogen-bond donors (Lipinski definition) is 2. The third-order valence-corrected chi connectivity index (χ3v) is 7.77. The molecule has 0 bridgehead atoms. The molecule has 8 heteroatoms. The van der Waals surface area contributed by atoms with E-state index in [0.29, 0.717) is 38.6 Å². The molecule has 40 heavy (non-hydrogen) atoms. The first kappa shape index (κ1) is 29.5. The van der Waals surface area contributed by atoms with Gasteiger partial charge in [0.25, 0.3) is 0 Å². The van der Waals surface area contributed by atoms with Crippen LogP contribution in [0.15, 0.2) is 66.7 Å². The lowest BCUT2D eigenvalue weighted by Crippen LogP contribution is -2.45. The van der Waals surface area contributed by atoms with E-state index in [9.17, 15) is 23.9 Å². The molecule has 0 radical (unpaired) electrons. The Hall–Kier alpha value is -3.52. The summed E-state index contributed by atoms with van der Waals surface area (Å²) in [5.41, 5.74) is 1.88. The zero-order valence-corrected chi connectivity index (χ0v) is 22.8. The summed E-state index contributed by atoms with van der Waals surface area (Å²) in [6.07, 6.45) is 7.99. The summed E-state index contributed by atoms with van der Waals surface area (Å²) in [6, 6.07) is 15.1. The van der Waals surface area contributed by atoms with Crippen LogP contribution in [0.25, 0.3) is 0 Å². The molecule has 0 saturated carbocycles. The van der Waals surface area contributed by atoms with Crippen molar-refractivity contribution in [3.8, 4) is 0 Å². The van der Waals surface area contributed by atoms with Crippen molar-refractivity contribution in [2.45, 2.75) is 63.5 Å². The Morgan fingerprint density at radius 2 is 1.80 bits per heavy atom. The van der Waals surface area contributed by atoms with Crippen molar-refractivity contribution in [2.24, 2.45) is 11.8 Å². The smallest absolute Gasteiger partial charge is 0.309 e. The van der Waals surface area contributed by atoms with E-state index in [1.807, 2.05) is 42.5 Å². The molecule has 1 fully saturated rings. The van der Waals surface area contributed by atoms with Gasteiger partial charge in [-0.1, -0.05) is 54.6 Å². The second-order valence-electron chi connectivity index (χ2n) is 10.8. The van der Waals surface area contributed by atoms with Crippen LogP contribution in [0, 0.1) is 17.7 Å². The minimum Gasteiger partial charge on any atom is -0.463 e. The molecule has 2 aromatic carbocycles. The average Bonchev–Trinajstić information content (AvgIpc) is 3.43. The highest BCUT2D eigenvalue weighted by Crippen LogP contribution is 2.25. The number of aliphatic hydroxyl groups excluding tert-OH is 1. The van der Waals surface area contributed by atoms with Crippen LogP contribution in [0.1, 0.15) is 49.7 Å². The SMILES string of the molecule is O=C(C[C@@H]1C/C=C/CC[C@H](Cc2ccc(F)cc2)C(=O)OC[C@@H]2CCCN2C1=O)N[C@H](CO)Cc1ccccc1. The predicted molar refractivity (Wildman–Crippen MR) is 150 cm³/mol. The van der Waals surface area contributed by atoms with Gasteiger partial charge in [0.05, 0.1) is 30.5 Å². The van der Waals surface area contributed by atoms with Crippen molar-refractivity contribution in [2.75, 3.05) is 19.8 Å². The highest BCUT2D eigenvalue weighted by Gasteiger charge is 2.35. The number of carbonyl (C=O) groups excluding carboxylic acids is 3. The van der Waals surface area contributed by atoms with E-state index in [2.05, 4.69) is 5.32 Å². The molecule has 0 aliphatic carbocycles. The minimum atomic E-state index is -0.542.